The van der Waals surface area contributed by atoms with Crippen molar-refractivity contribution in [2.75, 3.05) is 20.2 Å². The number of thiophene rings is 1. The summed E-state index contributed by atoms with van der Waals surface area (Å²) in [7, 11) is 1.62. The van der Waals surface area contributed by atoms with Gasteiger partial charge in [0.1, 0.15) is 6.61 Å². The minimum atomic E-state index is -0.0666. The molecule has 1 saturated carbocycles. The van der Waals surface area contributed by atoms with E-state index in [1.165, 1.54) is 24.2 Å². The Labute approximate surface area is 151 Å². The highest BCUT2D eigenvalue weighted by molar-refractivity contribution is 7.12. The minimum Gasteiger partial charge on any atom is -0.375 e. The van der Waals surface area contributed by atoms with E-state index in [4.69, 9.17) is 9.26 Å². The first-order valence-corrected chi connectivity index (χ1v) is 9.73. The number of hydrogen-bond donors (Lipinski definition) is 0. The Bertz CT molecular complexity index is 716. The molecule has 3 heterocycles. The van der Waals surface area contributed by atoms with Crippen molar-refractivity contribution in [3.8, 4) is 0 Å². The molecule has 0 radical (unpaired) electrons. The van der Waals surface area contributed by atoms with E-state index in [1.54, 1.807) is 7.11 Å². The van der Waals surface area contributed by atoms with Gasteiger partial charge in [-0.05, 0) is 36.6 Å². The molecular formula is C18H23N3O3S. The second-order valence-corrected chi connectivity index (χ2v) is 8.09. The van der Waals surface area contributed by atoms with Crippen molar-refractivity contribution in [2.24, 2.45) is 5.92 Å². The standard InChI is InChI=1S/C18H23N3O3S/c1-23-12-15-19-17(20-24-15)18(11-13-4-5-13)6-8-21(9-7-18)16(22)14-3-2-10-25-14/h2-3,10,13H,4-9,11-12H2,1H3. The molecule has 2 aromatic rings. The van der Waals surface area contributed by atoms with Gasteiger partial charge in [-0.3, -0.25) is 4.79 Å². The summed E-state index contributed by atoms with van der Waals surface area (Å²) >= 11 is 1.51. The maximum Gasteiger partial charge on any atom is 0.263 e. The Kier molecular flexibility index (Phi) is 4.60. The molecule has 0 aromatic carbocycles. The molecule has 2 fully saturated rings. The predicted octanol–water partition coefficient (Wildman–Crippen LogP) is 3.25. The molecule has 1 aliphatic heterocycles. The van der Waals surface area contributed by atoms with E-state index >= 15 is 0 Å². The van der Waals surface area contributed by atoms with E-state index in [-0.39, 0.29) is 11.3 Å². The van der Waals surface area contributed by atoms with E-state index in [2.05, 4.69) is 10.1 Å². The van der Waals surface area contributed by atoms with Crippen LogP contribution in [0.1, 0.15) is 53.5 Å². The van der Waals surface area contributed by atoms with Crippen molar-refractivity contribution >= 4 is 17.2 Å². The molecule has 0 spiro atoms. The van der Waals surface area contributed by atoms with Crippen LogP contribution < -0.4 is 0 Å². The molecule has 2 aliphatic rings. The molecule has 25 heavy (non-hydrogen) atoms. The van der Waals surface area contributed by atoms with E-state index in [0.29, 0.717) is 12.5 Å². The highest BCUT2D eigenvalue weighted by atomic mass is 32.1. The van der Waals surface area contributed by atoms with Gasteiger partial charge in [-0.15, -0.1) is 11.3 Å². The zero-order valence-corrected chi connectivity index (χ0v) is 15.3. The maximum absolute atomic E-state index is 12.6. The zero-order chi connectivity index (χ0) is 17.3. The van der Waals surface area contributed by atoms with Gasteiger partial charge in [0.2, 0.25) is 0 Å². The molecule has 0 unspecified atom stereocenters. The number of amides is 1. The minimum absolute atomic E-state index is 0.0666. The van der Waals surface area contributed by atoms with Crippen molar-refractivity contribution in [1.29, 1.82) is 0 Å². The van der Waals surface area contributed by atoms with Gasteiger partial charge in [-0.2, -0.15) is 4.98 Å². The van der Waals surface area contributed by atoms with Gasteiger partial charge in [0.25, 0.3) is 11.8 Å². The van der Waals surface area contributed by atoms with Crippen LogP contribution in [0.15, 0.2) is 22.0 Å². The highest BCUT2D eigenvalue weighted by Gasteiger charge is 2.44. The summed E-state index contributed by atoms with van der Waals surface area (Å²) in [6, 6.07) is 3.82. The third kappa shape index (κ3) is 3.48. The van der Waals surface area contributed by atoms with Gasteiger partial charge >= 0.3 is 0 Å². The monoisotopic (exact) mass is 361 g/mol. The summed E-state index contributed by atoms with van der Waals surface area (Å²) in [5.41, 5.74) is -0.0666. The average molecular weight is 361 g/mol. The van der Waals surface area contributed by atoms with Crippen molar-refractivity contribution in [1.82, 2.24) is 15.0 Å². The smallest absolute Gasteiger partial charge is 0.263 e. The molecule has 0 atom stereocenters. The number of hydrogen-bond acceptors (Lipinski definition) is 6. The quantitative estimate of drug-likeness (QED) is 0.790. The first-order valence-electron chi connectivity index (χ1n) is 8.85. The largest absolute Gasteiger partial charge is 0.375 e. The SMILES string of the molecule is COCc1nc(C2(CC3CC3)CCN(C(=O)c3cccs3)CC2)no1. The lowest BCUT2D eigenvalue weighted by Crippen LogP contribution is -2.45. The molecule has 6 nitrogen and oxygen atoms in total. The van der Waals surface area contributed by atoms with Gasteiger partial charge in [-0.25, -0.2) is 0 Å². The molecule has 2 aromatic heterocycles. The van der Waals surface area contributed by atoms with Crippen molar-refractivity contribution < 1.29 is 14.1 Å². The maximum atomic E-state index is 12.6. The van der Waals surface area contributed by atoms with E-state index in [1.807, 2.05) is 22.4 Å². The van der Waals surface area contributed by atoms with Crippen LogP contribution in [-0.2, 0) is 16.8 Å². The third-order valence-corrected chi connectivity index (χ3v) is 6.18. The molecule has 0 bridgehead atoms. The van der Waals surface area contributed by atoms with Crippen LogP contribution in [0, 0.1) is 5.92 Å². The summed E-state index contributed by atoms with van der Waals surface area (Å²) in [5.74, 6) is 2.24. The molecule has 1 amide bonds. The Hall–Kier alpha value is -1.73. The number of carbonyl (C=O) groups excluding carboxylic acids is 1. The number of carbonyl (C=O) groups is 1. The average Bonchev–Trinajstić information content (AvgIpc) is 3.10. The fourth-order valence-corrected chi connectivity index (χ4v) is 4.43. The predicted molar refractivity (Wildman–Crippen MR) is 93.5 cm³/mol. The Balaban J connectivity index is 1.50. The van der Waals surface area contributed by atoms with Crippen LogP contribution in [0.4, 0.5) is 0 Å². The van der Waals surface area contributed by atoms with Crippen LogP contribution in [-0.4, -0.2) is 41.1 Å². The van der Waals surface area contributed by atoms with E-state index in [9.17, 15) is 4.79 Å². The number of likely N-dealkylation sites (tertiary alicyclic amines) is 1. The summed E-state index contributed by atoms with van der Waals surface area (Å²) in [4.78, 5) is 20.0. The number of methoxy groups -OCH3 is 1. The van der Waals surface area contributed by atoms with Crippen LogP contribution in [0.5, 0.6) is 0 Å². The Morgan fingerprint density at radius 2 is 2.24 bits per heavy atom. The van der Waals surface area contributed by atoms with Crippen molar-refractivity contribution in [3.63, 3.8) is 0 Å². The lowest BCUT2D eigenvalue weighted by atomic mass is 9.73. The van der Waals surface area contributed by atoms with Gasteiger partial charge in [0, 0.05) is 25.6 Å². The molecule has 0 N–H and O–H groups in total. The fraction of sp³-hybridized carbons (Fsp3) is 0.611. The molecule has 4 rings (SSSR count). The Morgan fingerprint density at radius 1 is 1.44 bits per heavy atom. The van der Waals surface area contributed by atoms with Gasteiger partial charge in [0.15, 0.2) is 5.82 Å². The third-order valence-electron chi connectivity index (χ3n) is 5.33. The van der Waals surface area contributed by atoms with Crippen LogP contribution in [0.25, 0.3) is 0 Å². The van der Waals surface area contributed by atoms with Gasteiger partial charge in [-0.1, -0.05) is 24.1 Å². The summed E-state index contributed by atoms with van der Waals surface area (Å²) in [5, 5.41) is 6.21. The van der Waals surface area contributed by atoms with Crippen molar-refractivity contribution in [3.05, 3.63) is 34.1 Å². The van der Waals surface area contributed by atoms with Gasteiger partial charge < -0.3 is 14.2 Å². The summed E-state index contributed by atoms with van der Waals surface area (Å²) in [6.45, 7) is 1.84. The molecular weight excluding hydrogens is 338 g/mol. The number of rotatable bonds is 6. The van der Waals surface area contributed by atoms with Crippen LogP contribution in [0.2, 0.25) is 0 Å². The summed E-state index contributed by atoms with van der Waals surface area (Å²) in [6.07, 6.45) is 5.48. The van der Waals surface area contributed by atoms with E-state index < -0.39 is 0 Å². The molecule has 134 valence electrons. The lowest BCUT2D eigenvalue weighted by molar-refractivity contribution is 0.0650. The van der Waals surface area contributed by atoms with Crippen molar-refractivity contribution in [2.45, 2.75) is 44.1 Å². The number of nitrogens with zero attached hydrogens (tertiary/aromatic N) is 3. The van der Waals surface area contributed by atoms with Gasteiger partial charge in [0.05, 0.1) is 4.88 Å². The van der Waals surface area contributed by atoms with Crippen LogP contribution in [0.3, 0.4) is 0 Å². The highest BCUT2D eigenvalue weighted by Crippen LogP contribution is 2.46. The lowest BCUT2D eigenvalue weighted by Gasteiger charge is -2.40. The first kappa shape index (κ1) is 16.7. The zero-order valence-electron chi connectivity index (χ0n) is 14.4. The Morgan fingerprint density at radius 3 is 2.88 bits per heavy atom. The number of ether oxygens (including phenoxy) is 1. The number of piperidine rings is 1. The molecule has 7 heteroatoms. The molecule has 1 aliphatic carbocycles. The topological polar surface area (TPSA) is 68.5 Å². The van der Waals surface area contributed by atoms with Crippen LogP contribution >= 0.6 is 11.3 Å². The normalized spacial score (nSPS) is 20.0. The second-order valence-electron chi connectivity index (χ2n) is 7.14. The number of aromatic nitrogens is 2. The second kappa shape index (κ2) is 6.88. The molecule has 1 saturated heterocycles. The summed E-state index contributed by atoms with van der Waals surface area (Å²) < 4.78 is 10.5. The first-order chi connectivity index (χ1) is 12.2. The van der Waals surface area contributed by atoms with E-state index in [0.717, 1.165) is 49.0 Å². The fourth-order valence-electron chi connectivity index (χ4n) is 3.74.